The van der Waals surface area contributed by atoms with Crippen molar-refractivity contribution in [1.82, 2.24) is 5.32 Å². The molecule has 0 aliphatic rings. The second-order valence-corrected chi connectivity index (χ2v) is 6.74. The van der Waals surface area contributed by atoms with E-state index >= 15 is 0 Å². The maximum absolute atomic E-state index is 12.2. The smallest absolute Gasteiger partial charge is 0.258 e. The van der Waals surface area contributed by atoms with Crippen molar-refractivity contribution in [1.29, 1.82) is 0 Å². The molecule has 0 bridgehead atoms. The molecule has 0 aliphatic heterocycles. The largest absolute Gasteiger partial charge is 0.332 e. The minimum absolute atomic E-state index is 0.207. The normalized spacial score (nSPS) is 10.4. The van der Waals surface area contributed by atoms with Crippen LogP contribution >= 0.6 is 34.8 Å². The number of anilines is 1. The van der Waals surface area contributed by atoms with Gasteiger partial charge < -0.3 is 5.32 Å². The van der Waals surface area contributed by atoms with Gasteiger partial charge in [-0.05, 0) is 70.6 Å². The van der Waals surface area contributed by atoms with E-state index in [4.69, 9.17) is 12.2 Å². The lowest BCUT2D eigenvalue weighted by Crippen LogP contribution is -2.34. The summed E-state index contributed by atoms with van der Waals surface area (Å²) in [5.41, 5.74) is 2.74. The van der Waals surface area contributed by atoms with E-state index in [9.17, 15) is 4.79 Å². The second-order valence-electron chi connectivity index (χ2n) is 5.16. The highest BCUT2D eigenvalue weighted by Gasteiger charge is 2.10. The second kappa shape index (κ2) is 7.69. The molecule has 1 amide bonds. The Kier molecular flexibility index (Phi) is 5.90. The van der Waals surface area contributed by atoms with E-state index in [1.807, 2.05) is 30.3 Å². The Morgan fingerprint density at radius 2 is 1.73 bits per heavy atom. The molecule has 0 fully saturated rings. The first-order valence-electron chi connectivity index (χ1n) is 6.94. The van der Waals surface area contributed by atoms with Gasteiger partial charge in [0.2, 0.25) is 0 Å². The molecule has 0 spiro atoms. The minimum Gasteiger partial charge on any atom is -0.332 e. The molecule has 0 unspecified atom stereocenters. The van der Waals surface area contributed by atoms with E-state index in [1.54, 1.807) is 6.07 Å². The fourth-order valence-corrected chi connectivity index (χ4v) is 2.77. The zero-order chi connectivity index (χ0) is 16.1. The topological polar surface area (TPSA) is 41.1 Å². The van der Waals surface area contributed by atoms with Gasteiger partial charge in [-0.3, -0.25) is 10.1 Å². The van der Waals surface area contributed by atoms with E-state index in [0.29, 0.717) is 16.6 Å². The summed E-state index contributed by atoms with van der Waals surface area (Å²) in [6.45, 7) is 4.30. The van der Waals surface area contributed by atoms with Gasteiger partial charge in [0.1, 0.15) is 0 Å². The summed E-state index contributed by atoms with van der Waals surface area (Å²) in [6.07, 6.45) is 0. The molecule has 3 nitrogen and oxygen atoms in total. The van der Waals surface area contributed by atoms with Crippen LogP contribution in [0.25, 0.3) is 0 Å². The van der Waals surface area contributed by atoms with Crippen LogP contribution in [-0.2, 0) is 0 Å². The molecule has 2 aromatic rings. The van der Waals surface area contributed by atoms with Gasteiger partial charge in [0.15, 0.2) is 5.11 Å². The highest BCUT2D eigenvalue weighted by Crippen LogP contribution is 2.17. The lowest BCUT2D eigenvalue weighted by molar-refractivity contribution is 0.0977. The van der Waals surface area contributed by atoms with Crippen molar-refractivity contribution < 1.29 is 4.79 Å². The molecule has 22 heavy (non-hydrogen) atoms. The number of rotatable bonds is 3. The average Bonchev–Trinajstić information content (AvgIpc) is 2.48. The summed E-state index contributed by atoms with van der Waals surface area (Å²) in [7, 11) is 0. The number of hydrogen-bond acceptors (Lipinski definition) is 2. The van der Waals surface area contributed by atoms with Crippen molar-refractivity contribution in [3.63, 3.8) is 0 Å². The number of halogens is 1. The van der Waals surface area contributed by atoms with Crippen molar-refractivity contribution in [3.05, 3.63) is 63.2 Å². The summed E-state index contributed by atoms with van der Waals surface area (Å²) in [6, 6.07) is 15.4. The van der Waals surface area contributed by atoms with Gasteiger partial charge in [-0.25, -0.2) is 0 Å². The van der Waals surface area contributed by atoms with E-state index in [0.717, 1.165) is 9.26 Å². The van der Waals surface area contributed by atoms with Crippen molar-refractivity contribution in [2.45, 2.75) is 19.8 Å². The quantitative estimate of drug-likeness (QED) is 0.562. The van der Waals surface area contributed by atoms with Gasteiger partial charge in [0.25, 0.3) is 5.91 Å². The molecule has 0 aliphatic carbocycles. The molecular formula is C17H17IN2OS. The maximum atomic E-state index is 12.2. The molecular weight excluding hydrogens is 407 g/mol. The Bertz CT molecular complexity index is 683. The Morgan fingerprint density at radius 1 is 1.09 bits per heavy atom. The molecule has 2 rings (SSSR count). The fourth-order valence-electron chi connectivity index (χ4n) is 1.93. The Labute approximate surface area is 149 Å². The lowest BCUT2D eigenvalue weighted by atomic mass is 10.0. The van der Waals surface area contributed by atoms with E-state index in [1.165, 1.54) is 5.56 Å². The summed E-state index contributed by atoms with van der Waals surface area (Å²) in [4.78, 5) is 12.2. The lowest BCUT2D eigenvalue weighted by Gasteiger charge is -2.11. The van der Waals surface area contributed by atoms with Gasteiger partial charge in [0.05, 0.1) is 5.56 Å². The number of carbonyl (C=O) groups is 1. The molecule has 2 N–H and O–H groups in total. The predicted molar refractivity (Wildman–Crippen MR) is 103 cm³/mol. The molecule has 0 saturated heterocycles. The maximum Gasteiger partial charge on any atom is 0.258 e. The Morgan fingerprint density at radius 3 is 2.32 bits per heavy atom. The van der Waals surface area contributed by atoms with Crippen molar-refractivity contribution in [2.75, 3.05) is 5.32 Å². The first-order chi connectivity index (χ1) is 10.5. The van der Waals surface area contributed by atoms with Crippen LogP contribution in [-0.4, -0.2) is 11.0 Å². The molecule has 5 heteroatoms. The van der Waals surface area contributed by atoms with Crippen LogP contribution in [0, 0.1) is 3.57 Å². The minimum atomic E-state index is -0.207. The molecule has 0 heterocycles. The van der Waals surface area contributed by atoms with Crippen LogP contribution in [0.3, 0.4) is 0 Å². The molecule has 114 valence electrons. The molecule has 2 aromatic carbocycles. The van der Waals surface area contributed by atoms with E-state index in [-0.39, 0.29) is 5.91 Å². The number of hydrogen-bond donors (Lipinski definition) is 2. The van der Waals surface area contributed by atoms with Crippen LogP contribution in [0.2, 0.25) is 0 Å². The zero-order valence-electron chi connectivity index (χ0n) is 12.4. The zero-order valence-corrected chi connectivity index (χ0v) is 15.4. The molecule has 0 aromatic heterocycles. The Balaban J connectivity index is 1.98. The van der Waals surface area contributed by atoms with Crippen LogP contribution in [0.5, 0.6) is 0 Å². The Hall–Kier alpha value is -1.47. The number of thiocarbonyl (C=S) groups is 1. The first-order valence-corrected chi connectivity index (χ1v) is 8.43. The number of carbonyl (C=O) groups excluding carboxylic acids is 1. The van der Waals surface area contributed by atoms with Crippen LogP contribution in [0.4, 0.5) is 5.69 Å². The van der Waals surface area contributed by atoms with Gasteiger partial charge >= 0.3 is 0 Å². The van der Waals surface area contributed by atoms with Crippen LogP contribution < -0.4 is 10.6 Å². The van der Waals surface area contributed by atoms with Crippen molar-refractivity contribution in [2.24, 2.45) is 0 Å². The van der Waals surface area contributed by atoms with E-state index < -0.39 is 0 Å². The fraction of sp³-hybridized carbons (Fsp3) is 0.176. The van der Waals surface area contributed by atoms with Crippen molar-refractivity contribution in [3.8, 4) is 0 Å². The molecule has 0 saturated carbocycles. The molecule has 0 radical (unpaired) electrons. The first kappa shape index (κ1) is 16.9. The number of amides is 1. The van der Waals surface area contributed by atoms with Gasteiger partial charge in [-0.2, -0.15) is 0 Å². The third kappa shape index (κ3) is 4.51. The monoisotopic (exact) mass is 424 g/mol. The molecule has 0 atom stereocenters. The van der Waals surface area contributed by atoms with Gasteiger partial charge in [-0.15, -0.1) is 0 Å². The average molecular weight is 424 g/mol. The third-order valence-electron chi connectivity index (χ3n) is 3.18. The number of benzene rings is 2. The van der Waals surface area contributed by atoms with Crippen LogP contribution in [0.1, 0.15) is 35.7 Å². The highest BCUT2D eigenvalue weighted by molar-refractivity contribution is 14.1. The third-order valence-corrected chi connectivity index (χ3v) is 4.33. The summed E-state index contributed by atoms with van der Waals surface area (Å²) < 4.78 is 0.890. The van der Waals surface area contributed by atoms with E-state index in [2.05, 4.69) is 59.2 Å². The van der Waals surface area contributed by atoms with Crippen molar-refractivity contribution >= 4 is 51.5 Å². The van der Waals surface area contributed by atoms with Gasteiger partial charge in [0, 0.05) is 9.26 Å². The van der Waals surface area contributed by atoms with Crippen LogP contribution in [0.15, 0.2) is 48.5 Å². The highest BCUT2D eigenvalue weighted by atomic mass is 127. The number of nitrogens with one attached hydrogen (secondary N) is 2. The SMILES string of the molecule is CC(C)c1ccc(NC(=S)NC(=O)c2ccccc2I)cc1. The summed E-state index contributed by atoms with van der Waals surface area (Å²) in [5.74, 6) is 0.280. The predicted octanol–water partition coefficient (Wildman–Crippen LogP) is 4.54. The van der Waals surface area contributed by atoms with Gasteiger partial charge in [-0.1, -0.05) is 38.1 Å². The standard InChI is InChI=1S/C17H17IN2OS/c1-11(2)12-7-9-13(10-8-12)19-17(22)20-16(21)14-5-3-4-6-15(14)18/h3-11H,1-2H3,(H2,19,20,21,22). The summed E-state index contributed by atoms with van der Waals surface area (Å²) >= 11 is 7.33. The summed E-state index contributed by atoms with van der Waals surface area (Å²) in [5, 5.41) is 6.02.